The van der Waals surface area contributed by atoms with Crippen molar-refractivity contribution in [3.05, 3.63) is 35.4 Å². The Morgan fingerprint density at radius 3 is 1.31 bits per heavy atom. The molecule has 1 rings (SSSR count). The van der Waals surface area contributed by atoms with Crippen LogP contribution in [0, 0.1) is 0 Å². The Balaban J connectivity index is 2.61. The first-order chi connectivity index (χ1) is 7.58. The van der Waals surface area contributed by atoms with E-state index < -0.39 is 0 Å². The fraction of sp³-hybridized carbons (Fsp3) is 0.429. The lowest BCUT2D eigenvalue weighted by molar-refractivity contribution is 1.03. The third-order valence-electron chi connectivity index (χ3n) is 2.18. The van der Waals surface area contributed by atoms with Gasteiger partial charge in [0, 0.05) is 11.4 Å². The summed E-state index contributed by atoms with van der Waals surface area (Å²) in [6.07, 6.45) is 0. The van der Waals surface area contributed by atoms with Gasteiger partial charge in [0.25, 0.3) is 0 Å². The number of nitrogens with zero attached hydrogens (tertiary/aromatic N) is 2. The fourth-order valence-corrected chi connectivity index (χ4v) is 1.25. The van der Waals surface area contributed by atoms with Crippen molar-refractivity contribution in [2.75, 3.05) is 0 Å². The molecule has 0 unspecified atom stereocenters. The molecule has 0 radical (unpaired) electrons. The van der Waals surface area contributed by atoms with Crippen LogP contribution in [0.4, 0.5) is 0 Å². The number of rotatable bonds is 4. The van der Waals surface area contributed by atoms with Crippen molar-refractivity contribution >= 4 is 11.4 Å². The highest BCUT2D eigenvalue weighted by Crippen LogP contribution is 2.07. The standard InChI is InChI=1S/C14H20N2/c1-11(2)15-9-13-5-7-14(8-6-13)10-16-12(3)4/h5-8H,9-10H2,1-4H3. The highest BCUT2D eigenvalue weighted by molar-refractivity contribution is 5.79. The first-order valence-electron chi connectivity index (χ1n) is 5.61. The molecule has 1 aromatic rings. The predicted octanol–water partition coefficient (Wildman–Crippen LogP) is 3.65. The molecule has 0 saturated heterocycles. The van der Waals surface area contributed by atoms with Crippen molar-refractivity contribution in [2.45, 2.75) is 40.8 Å². The van der Waals surface area contributed by atoms with Gasteiger partial charge in [-0.15, -0.1) is 0 Å². The lowest BCUT2D eigenvalue weighted by Crippen LogP contribution is -1.89. The zero-order valence-corrected chi connectivity index (χ0v) is 10.6. The summed E-state index contributed by atoms with van der Waals surface area (Å²) >= 11 is 0. The third-order valence-corrected chi connectivity index (χ3v) is 2.18. The SMILES string of the molecule is CC(C)=NCc1ccc(CN=C(C)C)cc1. The Morgan fingerprint density at radius 1 is 0.750 bits per heavy atom. The van der Waals surface area contributed by atoms with Gasteiger partial charge in [-0.2, -0.15) is 0 Å². The van der Waals surface area contributed by atoms with E-state index in [1.54, 1.807) is 0 Å². The number of hydrogen-bond donors (Lipinski definition) is 0. The van der Waals surface area contributed by atoms with E-state index in [0.29, 0.717) is 0 Å². The second-order valence-electron chi connectivity index (χ2n) is 4.34. The van der Waals surface area contributed by atoms with Crippen LogP contribution in [0.3, 0.4) is 0 Å². The predicted molar refractivity (Wildman–Crippen MR) is 71.4 cm³/mol. The smallest absolute Gasteiger partial charge is 0.0638 e. The molecule has 0 atom stereocenters. The molecule has 0 aromatic heterocycles. The molecule has 0 bridgehead atoms. The molecule has 16 heavy (non-hydrogen) atoms. The Hall–Kier alpha value is -1.44. The maximum Gasteiger partial charge on any atom is 0.0638 e. The second kappa shape index (κ2) is 6.21. The Bertz CT molecular complexity index is 339. The minimum Gasteiger partial charge on any atom is -0.290 e. The van der Waals surface area contributed by atoms with E-state index in [2.05, 4.69) is 34.3 Å². The maximum absolute atomic E-state index is 4.39. The van der Waals surface area contributed by atoms with Crippen LogP contribution in [-0.2, 0) is 13.1 Å². The summed E-state index contributed by atoms with van der Waals surface area (Å²) in [6.45, 7) is 9.64. The molecule has 2 heteroatoms. The molecule has 0 aliphatic rings. The van der Waals surface area contributed by atoms with Gasteiger partial charge in [0.15, 0.2) is 0 Å². The molecule has 0 spiro atoms. The summed E-state index contributed by atoms with van der Waals surface area (Å²) in [5.74, 6) is 0. The average molecular weight is 216 g/mol. The summed E-state index contributed by atoms with van der Waals surface area (Å²) < 4.78 is 0. The molecule has 1 aromatic carbocycles. The lowest BCUT2D eigenvalue weighted by atomic mass is 10.1. The quantitative estimate of drug-likeness (QED) is 0.686. The van der Waals surface area contributed by atoms with Gasteiger partial charge in [-0.25, -0.2) is 0 Å². The van der Waals surface area contributed by atoms with Crippen LogP contribution in [0.15, 0.2) is 34.3 Å². The molecule has 0 N–H and O–H groups in total. The van der Waals surface area contributed by atoms with Gasteiger partial charge in [0.2, 0.25) is 0 Å². The first kappa shape index (κ1) is 12.6. The van der Waals surface area contributed by atoms with Crippen LogP contribution >= 0.6 is 0 Å². The van der Waals surface area contributed by atoms with Gasteiger partial charge >= 0.3 is 0 Å². The molecule has 0 aliphatic heterocycles. The zero-order valence-electron chi connectivity index (χ0n) is 10.6. The molecule has 0 fully saturated rings. The van der Waals surface area contributed by atoms with Crippen molar-refractivity contribution in [1.29, 1.82) is 0 Å². The first-order valence-corrected chi connectivity index (χ1v) is 5.61. The Morgan fingerprint density at radius 2 is 1.06 bits per heavy atom. The summed E-state index contributed by atoms with van der Waals surface area (Å²) in [6, 6.07) is 8.51. The molecule has 86 valence electrons. The van der Waals surface area contributed by atoms with E-state index in [1.165, 1.54) is 11.1 Å². The lowest BCUT2D eigenvalue weighted by Gasteiger charge is -2.00. The van der Waals surface area contributed by atoms with E-state index in [9.17, 15) is 0 Å². The van der Waals surface area contributed by atoms with Crippen molar-refractivity contribution in [2.24, 2.45) is 9.98 Å². The molecule has 0 amide bonds. The van der Waals surface area contributed by atoms with Gasteiger partial charge < -0.3 is 0 Å². The molecular formula is C14H20N2. The fourth-order valence-electron chi connectivity index (χ4n) is 1.25. The normalized spacial score (nSPS) is 9.75. The van der Waals surface area contributed by atoms with E-state index >= 15 is 0 Å². The molecular weight excluding hydrogens is 196 g/mol. The van der Waals surface area contributed by atoms with Gasteiger partial charge in [-0.3, -0.25) is 9.98 Å². The van der Waals surface area contributed by atoms with Crippen LogP contribution in [0.25, 0.3) is 0 Å². The van der Waals surface area contributed by atoms with Gasteiger partial charge in [-0.05, 0) is 38.8 Å². The monoisotopic (exact) mass is 216 g/mol. The van der Waals surface area contributed by atoms with Crippen molar-refractivity contribution < 1.29 is 0 Å². The second-order valence-corrected chi connectivity index (χ2v) is 4.34. The van der Waals surface area contributed by atoms with Crippen LogP contribution in [-0.4, -0.2) is 11.4 Å². The van der Waals surface area contributed by atoms with Crippen LogP contribution in [0.1, 0.15) is 38.8 Å². The maximum atomic E-state index is 4.39. The molecule has 0 heterocycles. The summed E-state index contributed by atoms with van der Waals surface area (Å²) in [7, 11) is 0. The van der Waals surface area contributed by atoms with E-state index in [1.807, 2.05) is 27.7 Å². The minimum atomic E-state index is 0.776. The van der Waals surface area contributed by atoms with Gasteiger partial charge in [0.1, 0.15) is 0 Å². The van der Waals surface area contributed by atoms with Crippen LogP contribution < -0.4 is 0 Å². The minimum absolute atomic E-state index is 0.776. The van der Waals surface area contributed by atoms with E-state index in [-0.39, 0.29) is 0 Å². The molecule has 0 saturated carbocycles. The van der Waals surface area contributed by atoms with Crippen molar-refractivity contribution in [3.63, 3.8) is 0 Å². The van der Waals surface area contributed by atoms with E-state index in [0.717, 1.165) is 24.5 Å². The van der Waals surface area contributed by atoms with Crippen molar-refractivity contribution in [1.82, 2.24) is 0 Å². The summed E-state index contributed by atoms with van der Waals surface area (Å²) in [5.41, 5.74) is 4.75. The topological polar surface area (TPSA) is 24.7 Å². The molecule has 2 nitrogen and oxygen atoms in total. The van der Waals surface area contributed by atoms with E-state index in [4.69, 9.17) is 0 Å². The number of benzene rings is 1. The van der Waals surface area contributed by atoms with Crippen molar-refractivity contribution in [3.8, 4) is 0 Å². The van der Waals surface area contributed by atoms with Crippen LogP contribution in [0.2, 0.25) is 0 Å². The van der Waals surface area contributed by atoms with Gasteiger partial charge in [0.05, 0.1) is 13.1 Å². The average Bonchev–Trinajstić information content (AvgIpc) is 2.25. The Kier molecular flexibility index (Phi) is 4.90. The highest BCUT2D eigenvalue weighted by atomic mass is 14.7. The van der Waals surface area contributed by atoms with Gasteiger partial charge in [-0.1, -0.05) is 24.3 Å². The van der Waals surface area contributed by atoms with Crippen LogP contribution in [0.5, 0.6) is 0 Å². The summed E-state index contributed by atoms with van der Waals surface area (Å²) in [4.78, 5) is 8.78. The zero-order chi connectivity index (χ0) is 12.0. The Labute approximate surface area is 98.1 Å². The highest BCUT2D eigenvalue weighted by Gasteiger charge is 1.93. The summed E-state index contributed by atoms with van der Waals surface area (Å²) in [5, 5.41) is 0. The number of aliphatic imine (C=N–C) groups is 2. The largest absolute Gasteiger partial charge is 0.290 e. The third kappa shape index (κ3) is 4.87. The number of hydrogen-bond acceptors (Lipinski definition) is 2. The molecule has 0 aliphatic carbocycles.